The third-order valence-electron chi connectivity index (χ3n) is 7.60. The zero-order valence-electron chi connectivity index (χ0n) is 20.2. The summed E-state index contributed by atoms with van der Waals surface area (Å²) >= 11 is 1.28. The maximum absolute atomic E-state index is 14.0. The van der Waals surface area contributed by atoms with Crippen molar-refractivity contribution in [2.45, 2.75) is 56.3 Å². The lowest BCUT2D eigenvalue weighted by Crippen LogP contribution is -2.53. The van der Waals surface area contributed by atoms with Crippen molar-refractivity contribution in [2.24, 2.45) is 11.5 Å². The molecule has 0 spiro atoms. The Hall–Kier alpha value is -2.98. The topological polar surface area (TPSA) is 145 Å². The largest absolute Gasteiger partial charge is 0.490 e. The van der Waals surface area contributed by atoms with E-state index >= 15 is 0 Å². The third kappa shape index (κ3) is 3.61. The average molecular weight is 506 g/mol. The van der Waals surface area contributed by atoms with Crippen LogP contribution in [0.5, 0.6) is 5.75 Å². The summed E-state index contributed by atoms with van der Waals surface area (Å²) in [7, 11) is 0. The van der Waals surface area contributed by atoms with Crippen LogP contribution in [0.1, 0.15) is 63.7 Å². The van der Waals surface area contributed by atoms with E-state index < -0.39 is 11.6 Å². The highest BCUT2D eigenvalue weighted by atomic mass is 32.1. The Morgan fingerprint density at radius 1 is 1.19 bits per heavy atom. The van der Waals surface area contributed by atoms with Crippen LogP contribution in [0.15, 0.2) is 30.3 Å². The summed E-state index contributed by atoms with van der Waals surface area (Å²) in [5.74, 6) is 0.201. The number of piperidine rings is 1. The molecule has 1 aliphatic heterocycles. The lowest BCUT2D eigenvalue weighted by atomic mass is 9.69. The number of hydrogen-bond donors (Lipinski definition) is 5. The Kier molecular flexibility index (Phi) is 5.56. The van der Waals surface area contributed by atoms with Gasteiger partial charge >= 0.3 is 0 Å². The molecule has 0 bridgehead atoms. The van der Waals surface area contributed by atoms with Gasteiger partial charge in [0.05, 0.1) is 21.7 Å². The summed E-state index contributed by atoms with van der Waals surface area (Å²) in [6, 6.07) is 8.20. The minimum atomic E-state index is -1.47. The first-order valence-electron chi connectivity index (χ1n) is 12.5. The van der Waals surface area contributed by atoms with Crippen LogP contribution in [0.4, 0.5) is 5.69 Å². The van der Waals surface area contributed by atoms with Crippen molar-refractivity contribution in [1.29, 1.82) is 0 Å². The SMILES string of the molecule is Cc1cc(OC2CC2)ccc1C1(N)C(=O)C(N)c2c(C(=O)NC3CCCNC3)sc3c(N)ccc1c23. The van der Waals surface area contributed by atoms with Gasteiger partial charge in [0, 0.05) is 29.2 Å². The molecule has 188 valence electrons. The molecule has 8 nitrogen and oxygen atoms in total. The lowest BCUT2D eigenvalue weighted by molar-refractivity contribution is -0.124. The number of ether oxygens (including phenoxy) is 1. The number of rotatable bonds is 5. The highest BCUT2D eigenvalue weighted by Crippen LogP contribution is 2.50. The number of nitrogens with two attached hydrogens (primary N) is 3. The lowest BCUT2D eigenvalue weighted by Gasteiger charge is -2.37. The van der Waals surface area contributed by atoms with E-state index in [1.165, 1.54) is 11.3 Å². The molecule has 1 saturated carbocycles. The van der Waals surface area contributed by atoms with E-state index in [0.29, 0.717) is 27.3 Å². The molecule has 8 N–H and O–H groups in total. The van der Waals surface area contributed by atoms with Gasteiger partial charge in [-0.15, -0.1) is 11.3 Å². The molecule has 0 radical (unpaired) electrons. The third-order valence-corrected chi connectivity index (χ3v) is 8.85. The second kappa shape index (κ2) is 8.55. The Morgan fingerprint density at radius 3 is 2.67 bits per heavy atom. The van der Waals surface area contributed by atoms with Gasteiger partial charge in [-0.25, -0.2) is 0 Å². The van der Waals surface area contributed by atoms with Crippen molar-refractivity contribution in [2.75, 3.05) is 18.8 Å². The summed E-state index contributed by atoms with van der Waals surface area (Å²) in [6.45, 7) is 3.60. The molecular weight excluding hydrogens is 474 g/mol. The quantitative estimate of drug-likeness (QED) is 0.335. The molecule has 6 rings (SSSR count). The number of nitrogen functional groups attached to an aromatic ring is 1. The van der Waals surface area contributed by atoms with Gasteiger partial charge in [-0.1, -0.05) is 12.1 Å². The van der Waals surface area contributed by atoms with Crippen LogP contribution >= 0.6 is 11.3 Å². The van der Waals surface area contributed by atoms with E-state index in [0.717, 1.165) is 60.2 Å². The molecular formula is C27H31N5O3S. The van der Waals surface area contributed by atoms with Crippen LogP contribution in [0, 0.1) is 6.92 Å². The molecule has 1 aromatic heterocycles. The zero-order valence-corrected chi connectivity index (χ0v) is 21.0. The van der Waals surface area contributed by atoms with E-state index in [2.05, 4.69) is 10.6 Å². The summed E-state index contributed by atoms with van der Waals surface area (Å²) in [5, 5.41) is 7.14. The monoisotopic (exact) mass is 505 g/mol. The number of benzene rings is 2. The second-order valence-electron chi connectivity index (χ2n) is 10.2. The van der Waals surface area contributed by atoms with Crippen molar-refractivity contribution in [3.8, 4) is 5.75 Å². The first-order chi connectivity index (χ1) is 17.3. The van der Waals surface area contributed by atoms with Crippen LogP contribution < -0.4 is 32.6 Å². The van der Waals surface area contributed by atoms with Crippen LogP contribution in [0.3, 0.4) is 0 Å². The number of nitrogens with one attached hydrogen (secondary N) is 2. The molecule has 9 heteroatoms. The number of thiophene rings is 1. The van der Waals surface area contributed by atoms with Crippen LogP contribution in [-0.4, -0.2) is 36.9 Å². The van der Waals surface area contributed by atoms with Crippen molar-refractivity contribution in [1.82, 2.24) is 10.6 Å². The maximum atomic E-state index is 14.0. The molecule has 1 saturated heterocycles. The first kappa shape index (κ1) is 23.4. The van der Waals surface area contributed by atoms with Crippen LogP contribution in [0.2, 0.25) is 0 Å². The Balaban J connectivity index is 1.47. The Labute approximate surface area is 213 Å². The molecule has 1 amide bonds. The molecule has 2 aromatic carbocycles. The van der Waals surface area contributed by atoms with Gasteiger partial charge < -0.3 is 32.6 Å². The van der Waals surface area contributed by atoms with Gasteiger partial charge in [0.1, 0.15) is 11.3 Å². The maximum Gasteiger partial charge on any atom is 0.262 e. The normalized spacial score (nSPS) is 25.7. The fourth-order valence-electron chi connectivity index (χ4n) is 5.58. The molecule has 2 heterocycles. The average Bonchev–Trinajstić information content (AvgIpc) is 3.58. The molecule has 36 heavy (non-hydrogen) atoms. The summed E-state index contributed by atoms with van der Waals surface area (Å²) < 4.78 is 6.67. The van der Waals surface area contributed by atoms with Gasteiger partial charge in [0.25, 0.3) is 5.91 Å². The molecule has 3 aliphatic rings. The van der Waals surface area contributed by atoms with Gasteiger partial charge in [-0.2, -0.15) is 0 Å². The second-order valence-corrected chi connectivity index (χ2v) is 11.2. The summed E-state index contributed by atoms with van der Waals surface area (Å²) in [4.78, 5) is 27.8. The molecule has 3 atom stereocenters. The zero-order chi connectivity index (χ0) is 25.2. The fraction of sp³-hybridized carbons (Fsp3) is 0.407. The Morgan fingerprint density at radius 2 is 1.97 bits per heavy atom. The van der Waals surface area contributed by atoms with E-state index in [4.69, 9.17) is 21.9 Å². The van der Waals surface area contributed by atoms with Crippen molar-refractivity contribution in [3.05, 3.63) is 57.5 Å². The number of carbonyl (C=O) groups excluding carboxylic acids is 2. The van der Waals surface area contributed by atoms with E-state index in [1.807, 2.05) is 25.1 Å². The van der Waals surface area contributed by atoms with Gasteiger partial charge in [-0.3, -0.25) is 9.59 Å². The number of amides is 1. The standard InChI is InChI=1S/C27H31N5O3S/c1-13-11-16(35-15-4-5-15)6-7-17(13)27(30)18-8-9-19(28)23-20(18)21(22(29)25(27)33)24(36-23)26(34)32-14-3-2-10-31-12-14/h6-9,11,14-15,22,31H,2-5,10,12,28-30H2,1H3,(H,32,34). The number of anilines is 1. The van der Waals surface area contributed by atoms with Gasteiger partial charge in [-0.05, 0) is 74.0 Å². The number of carbonyl (C=O) groups is 2. The number of ketones is 1. The summed E-state index contributed by atoms with van der Waals surface area (Å²) in [6.07, 6.45) is 4.30. The van der Waals surface area contributed by atoms with Crippen LogP contribution in [0.25, 0.3) is 10.1 Å². The van der Waals surface area contributed by atoms with Crippen molar-refractivity contribution >= 4 is 38.8 Å². The van der Waals surface area contributed by atoms with Crippen LogP contribution in [-0.2, 0) is 10.3 Å². The number of hydrogen-bond acceptors (Lipinski definition) is 8. The number of aryl methyl sites for hydroxylation is 1. The van der Waals surface area contributed by atoms with Crippen molar-refractivity contribution < 1.29 is 14.3 Å². The first-order valence-corrected chi connectivity index (χ1v) is 13.3. The summed E-state index contributed by atoms with van der Waals surface area (Å²) in [5.41, 5.74) is 21.7. The smallest absolute Gasteiger partial charge is 0.262 e. The highest BCUT2D eigenvalue weighted by Gasteiger charge is 2.49. The molecule has 3 unspecified atom stereocenters. The van der Waals surface area contributed by atoms with E-state index in [9.17, 15) is 9.59 Å². The van der Waals surface area contributed by atoms with Gasteiger partial charge in [0.15, 0.2) is 5.78 Å². The molecule has 3 aromatic rings. The van der Waals surface area contributed by atoms with Gasteiger partial charge in [0.2, 0.25) is 0 Å². The highest BCUT2D eigenvalue weighted by molar-refractivity contribution is 7.21. The minimum absolute atomic E-state index is 0.0311. The molecule has 2 fully saturated rings. The fourth-order valence-corrected chi connectivity index (χ4v) is 6.79. The minimum Gasteiger partial charge on any atom is -0.490 e. The molecule has 2 aliphatic carbocycles. The number of Topliss-reactive ketones (excluding diaryl/α,β-unsaturated/α-hetero) is 1. The van der Waals surface area contributed by atoms with E-state index in [-0.39, 0.29) is 23.8 Å². The predicted octanol–water partition coefficient (Wildman–Crippen LogP) is 2.60. The Bertz CT molecular complexity index is 1390. The van der Waals surface area contributed by atoms with Crippen molar-refractivity contribution in [3.63, 3.8) is 0 Å². The van der Waals surface area contributed by atoms with E-state index in [1.54, 1.807) is 12.1 Å². The predicted molar refractivity (Wildman–Crippen MR) is 141 cm³/mol.